The number of hydrogen-bond donors (Lipinski definition) is 1. The lowest BCUT2D eigenvalue weighted by Gasteiger charge is -2.18. The largest absolute Gasteiger partial charge is 0.493 e. The number of methoxy groups -OCH3 is 1. The molecule has 1 aromatic carbocycles. The Balaban J connectivity index is 2.72. The molecule has 0 bridgehead atoms. The van der Waals surface area contributed by atoms with Gasteiger partial charge in [-0.15, -0.1) is 6.58 Å². The van der Waals surface area contributed by atoms with Crippen LogP contribution in [-0.2, 0) is 4.79 Å². The van der Waals surface area contributed by atoms with E-state index in [0.717, 1.165) is 0 Å². The number of carbonyl (C=O) groups excluding carboxylic acids is 1. The van der Waals surface area contributed by atoms with Gasteiger partial charge in [0.25, 0.3) is 5.91 Å². The Labute approximate surface area is 108 Å². The van der Waals surface area contributed by atoms with Crippen LogP contribution in [0.4, 0.5) is 0 Å². The van der Waals surface area contributed by atoms with E-state index in [-0.39, 0.29) is 5.91 Å². The van der Waals surface area contributed by atoms with Crippen LogP contribution in [-0.4, -0.2) is 25.7 Å². The first-order valence-corrected chi connectivity index (χ1v) is 5.91. The number of ether oxygens (including phenoxy) is 2. The zero-order valence-corrected chi connectivity index (χ0v) is 10.8. The molecule has 0 aliphatic carbocycles. The minimum Gasteiger partial charge on any atom is -0.493 e. The number of rotatable bonds is 7. The monoisotopic (exact) mass is 249 g/mol. The van der Waals surface area contributed by atoms with Crippen LogP contribution < -0.4 is 14.8 Å². The second-order valence-corrected chi connectivity index (χ2v) is 3.70. The molecule has 0 aromatic heterocycles. The van der Waals surface area contributed by atoms with E-state index in [0.29, 0.717) is 24.5 Å². The highest BCUT2D eigenvalue weighted by Gasteiger charge is 2.18. The fourth-order valence-electron chi connectivity index (χ4n) is 1.48. The molecule has 0 aliphatic rings. The van der Waals surface area contributed by atoms with Crippen LogP contribution in [0.15, 0.2) is 36.9 Å². The quantitative estimate of drug-likeness (QED) is 0.753. The first-order valence-electron chi connectivity index (χ1n) is 5.91. The van der Waals surface area contributed by atoms with Crippen molar-refractivity contribution in [2.24, 2.45) is 0 Å². The Morgan fingerprint density at radius 3 is 2.67 bits per heavy atom. The van der Waals surface area contributed by atoms with Crippen molar-refractivity contribution in [2.75, 3.05) is 13.7 Å². The topological polar surface area (TPSA) is 47.6 Å². The molecule has 0 saturated heterocycles. The third-order valence-electron chi connectivity index (χ3n) is 2.42. The zero-order chi connectivity index (χ0) is 13.4. The van der Waals surface area contributed by atoms with E-state index < -0.39 is 6.10 Å². The summed E-state index contributed by atoms with van der Waals surface area (Å²) in [6, 6.07) is 7.27. The normalized spacial score (nSPS) is 11.4. The van der Waals surface area contributed by atoms with Crippen molar-refractivity contribution in [3.8, 4) is 11.5 Å². The Bertz CT molecular complexity index is 404. The summed E-state index contributed by atoms with van der Waals surface area (Å²) < 4.78 is 10.9. The predicted molar refractivity (Wildman–Crippen MR) is 70.9 cm³/mol. The predicted octanol–water partition coefficient (Wildman–Crippen LogP) is 2.15. The van der Waals surface area contributed by atoms with Gasteiger partial charge in [0.2, 0.25) is 0 Å². The summed E-state index contributed by atoms with van der Waals surface area (Å²) in [5, 5.41) is 2.72. The van der Waals surface area contributed by atoms with Gasteiger partial charge < -0.3 is 14.8 Å². The number of amides is 1. The lowest BCUT2D eigenvalue weighted by molar-refractivity contribution is -0.127. The van der Waals surface area contributed by atoms with Crippen molar-refractivity contribution in [1.29, 1.82) is 0 Å². The molecule has 1 amide bonds. The van der Waals surface area contributed by atoms with Crippen LogP contribution in [0, 0.1) is 0 Å². The van der Waals surface area contributed by atoms with Crippen LogP contribution >= 0.6 is 0 Å². The van der Waals surface area contributed by atoms with Crippen molar-refractivity contribution < 1.29 is 14.3 Å². The molecule has 0 aliphatic heterocycles. The number of para-hydroxylation sites is 2. The number of nitrogens with one attached hydrogen (secondary N) is 1. The SMILES string of the molecule is C=CCNC(=O)[C@H](CC)Oc1ccccc1OC. The standard InChI is InChI=1S/C14H19NO3/c1-4-10-15-14(16)11(5-2)18-13-9-7-6-8-12(13)17-3/h4,6-9,11H,1,5,10H2,2-3H3,(H,15,16)/t11-/m0/s1. The van der Waals surface area contributed by atoms with Crippen LogP contribution in [0.3, 0.4) is 0 Å². The van der Waals surface area contributed by atoms with E-state index in [1.165, 1.54) is 0 Å². The van der Waals surface area contributed by atoms with E-state index in [1.54, 1.807) is 25.3 Å². The minimum absolute atomic E-state index is 0.150. The van der Waals surface area contributed by atoms with Gasteiger partial charge in [0.15, 0.2) is 17.6 Å². The summed E-state index contributed by atoms with van der Waals surface area (Å²) in [5.74, 6) is 1.04. The fraction of sp³-hybridized carbons (Fsp3) is 0.357. The molecule has 1 atom stereocenters. The molecule has 0 radical (unpaired) electrons. The summed E-state index contributed by atoms with van der Waals surface area (Å²) >= 11 is 0. The molecule has 0 unspecified atom stereocenters. The van der Waals surface area contributed by atoms with Crippen molar-refractivity contribution in [3.63, 3.8) is 0 Å². The molecular weight excluding hydrogens is 230 g/mol. The molecule has 0 fully saturated rings. The maximum Gasteiger partial charge on any atom is 0.261 e. The second kappa shape index (κ2) is 7.37. The Kier molecular flexibility index (Phi) is 5.77. The molecule has 98 valence electrons. The van der Waals surface area contributed by atoms with Gasteiger partial charge in [-0.2, -0.15) is 0 Å². The van der Waals surface area contributed by atoms with Crippen LogP contribution in [0.25, 0.3) is 0 Å². The molecule has 0 heterocycles. The highest BCUT2D eigenvalue weighted by atomic mass is 16.5. The number of carbonyl (C=O) groups is 1. The van der Waals surface area contributed by atoms with E-state index >= 15 is 0 Å². The van der Waals surface area contributed by atoms with Crippen molar-refractivity contribution >= 4 is 5.91 Å². The number of benzene rings is 1. The summed E-state index contributed by atoms with van der Waals surface area (Å²) in [5.41, 5.74) is 0. The third kappa shape index (κ3) is 3.80. The first-order chi connectivity index (χ1) is 8.72. The summed E-state index contributed by atoms with van der Waals surface area (Å²) in [4.78, 5) is 11.8. The lowest BCUT2D eigenvalue weighted by atomic mass is 10.2. The highest BCUT2D eigenvalue weighted by Crippen LogP contribution is 2.27. The first kappa shape index (κ1) is 14.1. The van der Waals surface area contributed by atoms with Gasteiger partial charge in [0.05, 0.1) is 7.11 Å². The van der Waals surface area contributed by atoms with Crippen molar-refractivity contribution in [2.45, 2.75) is 19.4 Å². The van der Waals surface area contributed by atoms with Gasteiger partial charge in [-0.1, -0.05) is 25.1 Å². The molecule has 1 rings (SSSR count). The maximum atomic E-state index is 11.8. The second-order valence-electron chi connectivity index (χ2n) is 3.70. The highest BCUT2D eigenvalue weighted by molar-refractivity contribution is 5.81. The Morgan fingerprint density at radius 2 is 2.11 bits per heavy atom. The van der Waals surface area contributed by atoms with Gasteiger partial charge in [-0.05, 0) is 18.6 Å². The average Bonchev–Trinajstić information content (AvgIpc) is 2.42. The van der Waals surface area contributed by atoms with Crippen LogP contribution in [0.1, 0.15) is 13.3 Å². The van der Waals surface area contributed by atoms with E-state index in [9.17, 15) is 4.79 Å². The van der Waals surface area contributed by atoms with Gasteiger partial charge in [-0.3, -0.25) is 4.79 Å². The Hall–Kier alpha value is -1.97. The molecule has 1 aromatic rings. The molecule has 0 spiro atoms. The van der Waals surface area contributed by atoms with Crippen LogP contribution in [0.5, 0.6) is 11.5 Å². The molecule has 18 heavy (non-hydrogen) atoms. The molecule has 1 N–H and O–H groups in total. The third-order valence-corrected chi connectivity index (χ3v) is 2.42. The van der Waals surface area contributed by atoms with E-state index in [1.807, 2.05) is 19.1 Å². The van der Waals surface area contributed by atoms with Crippen LogP contribution in [0.2, 0.25) is 0 Å². The molecular formula is C14H19NO3. The van der Waals surface area contributed by atoms with Gasteiger partial charge in [0.1, 0.15) is 0 Å². The summed E-state index contributed by atoms with van der Waals surface area (Å²) in [7, 11) is 1.57. The summed E-state index contributed by atoms with van der Waals surface area (Å²) in [6.07, 6.45) is 1.69. The van der Waals surface area contributed by atoms with E-state index in [2.05, 4.69) is 11.9 Å². The zero-order valence-electron chi connectivity index (χ0n) is 10.8. The minimum atomic E-state index is -0.527. The maximum absolute atomic E-state index is 11.8. The molecule has 0 saturated carbocycles. The van der Waals surface area contributed by atoms with Crippen molar-refractivity contribution in [1.82, 2.24) is 5.32 Å². The summed E-state index contributed by atoms with van der Waals surface area (Å²) in [6.45, 7) is 5.89. The van der Waals surface area contributed by atoms with E-state index in [4.69, 9.17) is 9.47 Å². The van der Waals surface area contributed by atoms with Gasteiger partial charge in [-0.25, -0.2) is 0 Å². The van der Waals surface area contributed by atoms with Gasteiger partial charge >= 0.3 is 0 Å². The molecule has 4 heteroatoms. The lowest BCUT2D eigenvalue weighted by Crippen LogP contribution is -2.38. The smallest absolute Gasteiger partial charge is 0.261 e. The fourth-order valence-corrected chi connectivity index (χ4v) is 1.48. The number of hydrogen-bond acceptors (Lipinski definition) is 3. The van der Waals surface area contributed by atoms with Gasteiger partial charge in [0, 0.05) is 6.54 Å². The van der Waals surface area contributed by atoms with Crippen molar-refractivity contribution in [3.05, 3.63) is 36.9 Å². The Morgan fingerprint density at radius 1 is 1.44 bits per heavy atom. The molecule has 4 nitrogen and oxygen atoms in total. The average molecular weight is 249 g/mol.